The van der Waals surface area contributed by atoms with Crippen molar-refractivity contribution in [1.82, 2.24) is 0 Å². The maximum atomic E-state index is 13.4. The Bertz CT molecular complexity index is 1260. The molecule has 36 heavy (non-hydrogen) atoms. The van der Waals surface area contributed by atoms with Crippen LogP contribution in [0.1, 0.15) is 26.2 Å². The van der Waals surface area contributed by atoms with Crippen molar-refractivity contribution in [2.24, 2.45) is 0 Å². The summed E-state index contributed by atoms with van der Waals surface area (Å²) >= 11 is 0. The van der Waals surface area contributed by atoms with E-state index in [1.54, 1.807) is 24.3 Å². The van der Waals surface area contributed by atoms with Crippen molar-refractivity contribution in [3.63, 3.8) is 0 Å². The Morgan fingerprint density at radius 3 is 2.19 bits per heavy atom. The first-order valence-corrected chi connectivity index (χ1v) is 13.5. The number of rotatable bonds is 9. The Labute approximate surface area is 211 Å². The van der Waals surface area contributed by atoms with Gasteiger partial charge in [0.15, 0.2) is 0 Å². The lowest BCUT2D eigenvalue weighted by molar-refractivity contribution is -0.114. The third kappa shape index (κ3) is 6.15. The molecule has 0 atom stereocenters. The monoisotopic (exact) mass is 511 g/mol. The average Bonchev–Trinajstić information content (AvgIpc) is 2.89. The van der Waals surface area contributed by atoms with E-state index in [0.29, 0.717) is 23.7 Å². The van der Waals surface area contributed by atoms with Gasteiger partial charge in [-0.05, 0) is 99.0 Å². The normalized spacial score (nSPS) is 13.8. The highest BCUT2D eigenvalue weighted by atomic mass is 32.2. The average molecular weight is 512 g/mol. The summed E-state index contributed by atoms with van der Waals surface area (Å²) < 4.78 is 46.8. The molecule has 7 nitrogen and oxygen atoms in total. The molecule has 1 fully saturated rings. The molecular formula is C27H30FN3O4S. The van der Waals surface area contributed by atoms with E-state index >= 15 is 0 Å². The van der Waals surface area contributed by atoms with E-state index in [0.717, 1.165) is 35.2 Å². The van der Waals surface area contributed by atoms with Crippen molar-refractivity contribution in [3.05, 3.63) is 78.6 Å². The Morgan fingerprint density at radius 2 is 1.58 bits per heavy atom. The van der Waals surface area contributed by atoms with Gasteiger partial charge in [-0.1, -0.05) is 0 Å². The Kier molecular flexibility index (Phi) is 8.10. The minimum Gasteiger partial charge on any atom is -0.494 e. The van der Waals surface area contributed by atoms with Crippen molar-refractivity contribution in [1.29, 1.82) is 0 Å². The zero-order valence-corrected chi connectivity index (χ0v) is 21.0. The van der Waals surface area contributed by atoms with Crippen molar-refractivity contribution in [2.45, 2.75) is 31.1 Å². The fourth-order valence-corrected chi connectivity index (χ4v) is 5.58. The van der Waals surface area contributed by atoms with E-state index in [4.69, 9.17) is 4.74 Å². The number of hydrogen-bond acceptors (Lipinski definition) is 5. The highest BCUT2D eigenvalue weighted by Gasteiger charge is 2.27. The topological polar surface area (TPSA) is 79.0 Å². The van der Waals surface area contributed by atoms with Crippen LogP contribution in [-0.2, 0) is 14.8 Å². The standard InChI is InChI=1S/C27H30FN3O4S/c1-2-35-25-14-12-24(13-15-25)31(36(33,34)26-16-6-21(28)7-17-26)20-27(32)29-22-8-10-23(11-9-22)30-18-4-3-5-19-30/h6-17H,2-5,18-20H2,1H3,(H,29,32). The van der Waals surface area contributed by atoms with Gasteiger partial charge in [0.25, 0.3) is 10.0 Å². The molecule has 0 bridgehead atoms. The number of carbonyl (C=O) groups excluding carboxylic acids is 1. The second kappa shape index (κ2) is 11.4. The zero-order chi connectivity index (χ0) is 25.5. The summed E-state index contributed by atoms with van der Waals surface area (Å²) in [5.41, 5.74) is 1.97. The van der Waals surface area contributed by atoms with Crippen LogP contribution in [0.25, 0.3) is 0 Å². The molecule has 190 valence electrons. The summed E-state index contributed by atoms with van der Waals surface area (Å²) in [6, 6.07) is 18.5. The van der Waals surface area contributed by atoms with Crippen LogP contribution < -0.4 is 19.3 Å². The lowest BCUT2D eigenvalue weighted by Crippen LogP contribution is -2.38. The fraction of sp³-hybridized carbons (Fsp3) is 0.296. The molecule has 1 heterocycles. The van der Waals surface area contributed by atoms with Crippen molar-refractivity contribution >= 4 is 33.0 Å². The second-order valence-electron chi connectivity index (χ2n) is 8.54. The minimum atomic E-state index is -4.15. The number of nitrogens with zero attached hydrogens (tertiary/aromatic N) is 2. The van der Waals surface area contributed by atoms with Crippen LogP contribution in [-0.4, -0.2) is 40.6 Å². The van der Waals surface area contributed by atoms with Gasteiger partial charge < -0.3 is 15.0 Å². The summed E-state index contributed by atoms with van der Waals surface area (Å²) in [4.78, 5) is 15.2. The van der Waals surface area contributed by atoms with E-state index in [-0.39, 0.29) is 4.90 Å². The van der Waals surface area contributed by atoms with Crippen LogP contribution in [0.15, 0.2) is 77.7 Å². The largest absolute Gasteiger partial charge is 0.494 e. The molecule has 1 N–H and O–H groups in total. The van der Waals surface area contributed by atoms with Crippen LogP contribution in [0, 0.1) is 5.82 Å². The molecule has 3 aromatic rings. The molecular weight excluding hydrogens is 481 g/mol. The number of carbonyl (C=O) groups is 1. The molecule has 0 aliphatic carbocycles. The molecule has 4 rings (SSSR count). The van der Waals surface area contributed by atoms with E-state index in [2.05, 4.69) is 10.2 Å². The predicted molar refractivity (Wildman–Crippen MR) is 140 cm³/mol. The second-order valence-corrected chi connectivity index (χ2v) is 10.4. The molecule has 1 aliphatic heterocycles. The zero-order valence-electron chi connectivity index (χ0n) is 20.2. The van der Waals surface area contributed by atoms with Crippen molar-refractivity contribution in [2.75, 3.05) is 40.8 Å². The van der Waals surface area contributed by atoms with Crippen molar-refractivity contribution in [3.8, 4) is 5.75 Å². The molecule has 0 spiro atoms. The first-order chi connectivity index (χ1) is 17.4. The van der Waals surface area contributed by atoms with Crippen molar-refractivity contribution < 1.29 is 22.3 Å². The number of halogens is 1. The number of hydrogen-bond donors (Lipinski definition) is 1. The summed E-state index contributed by atoms with van der Waals surface area (Å²) in [6.45, 7) is 3.90. The van der Waals surface area contributed by atoms with Gasteiger partial charge in [0.1, 0.15) is 18.1 Å². The molecule has 1 saturated heterocycles. The van der Waals surface area contributed by atoms with Gasteiger partial charge >= 0.3 is 0 Å². The molecule has 3 aromatic carbocycles. The van der Waals surface area contributed by atoms with Gasteiger partial charge in [-0.15, -0.1) is 0 Å². The third-order valence-corrected chi connectivity index (χ3v) is 7.78. The first-order valence-electron chi connectivity index (χ1n) is 12.0. The molecule has 0 radical (unpaired) electrons. The van der Waals surface area contributed by atoms with Gasteiger partial charge in [-0.2, -0.15) is 0 Å². The number of nitrogens with one attached hydrogen (secondary N) is 1. The summed E-state index contributed by atoms with van der Waals surface area (Å²) in [7, 11) is -4.15. The fourth-order valence-electron chi connectivity index (χ4n) is 4.16. The number of benzene rings is 3. The quantitative estimate of drug-likeness (QED) is 0.435. The molecule has 1 amide bonds. The highest BCUT2D eigenvalue weighted by molar-refractivity contribution is 7.92. The summed E-state index contributed by atoms with van der Waals surface area (Å²) in [5, 5.41) is 2.79. The van der Waals surface area contributed by atoms with Gasteiger partial charge in [0.2, 0.25) is 5.91 Å². The van der Waals surface area contributed by atoms with Gasteiger partial charge in [-0.25, -0.2) is 12.8 Å². The molecule has 1 aliphatic rings. The SMILES string of the molecule is CCOc1ccc(N(CC(=O)Nc2ccc(N3CCCCC3)cc2)S(=O)(=O)c2ccc(F)cc2)cc1. The lowest BCUT2D eigenvalue weighted by atomic mass is 10.1. The summed E-state index contributed by atoms with van der Waals surface area (Å²) in [6.07, 6.45) is 3.58. The maximum absolute atomic E-state index is 13.4. The van der Waals surface area contributed by atoms with Gasteiger partial charge in [0, 0.05) is 24.5 Å². The third-order valence-electron chi connectivity index (χ3n) is 6.00. The molecule has 9 heteroatoms. The van der Waals surface area contributed by atoms with Crippen LogP contribution in [0.4, 0.5) is 21.5 Å². The molecule has 0 aromatic heterocycles. The van der Waals surface area contributed by atoms with E-state index in [1.807, 2.05) is 31.2 Å². The van der Waals surface area contributed by atoms with Crippen LogP contribution >= 0.6 is 0 Å². The molecule has 0 saturated carbocycles. The predicted octanol–water partition coefficient (Wildman–Crippen LogP) is 5.05. The van der Waals surface area contributed by atoms with Crippen LogP contribution in [0.5, 0.6) is 5.75 Å². The Morgan fingerprint density at radius 1 is 0.944 bits per heavy atom. The number of ether oxygens (including phenoxy) is 1. The van der Waals surface area contributed by atoms with E-state index in [9.17, 15) is 17.6 Å². The number of piperidine rings is 1. The number of amides is 1. The first kappa shape index (κ1) is 25.5. The lowest BCUT2D eigenvalue weighted by Gasteiger charge is -2.29. The van der Waals surface area contributed by atoms with E-state index < -0.39 is 28.3 Å². The smallest absolute Gasteiger partial charge is 0.264 e. The minimum absolute atomic E-state index is 0.114. The highest BCUT2D eigenvalue weighted by Crippen LogP contribution is 2.27. The Hall–Kier alpha value is -3.59. The van der Waals surface area contributed by atoms with E-state index in [1.165, 1.54) is 31.4 Å². The maximum Gasteiger partial charge on any atom is 0.264 e. The van der Waals surface area contributed by atoms with Crippen LogP contribution in [0.3, 0.4) is 0 Å². The van der Waals surface area contributed by atoms with Gasteiger partial charge in [0.05, 0.1) is 17.2 Å². The number of anilines is 3. The number of sulfonamides is 1. The van der Waals surface area contributed by atoms with Gasteiger partial charge in [-0.3, -0.25) is 9.10 Å². The Balaban J connectivity index is 1.54. The summed E-state index contributed by atoms with van der Waals surface area (Å²) in [5.74, 6) is -0.466. The van der Waals surface area contributed by atoms with Crippen LogP contribution in [0.2, 0.25) is 0 Å². The molecule has 0 unspecified atom stereocenters.